The second-order valence-corrected chi connectivity index (χ2v) is 6.48. The Morgan fingerprint density at radius 3 is 2.10 bits per heavy atom. The number of aromatic nitrogens is 2. The van der Waals surface area contributed by atoms with E-state index in [1.165, 1.54) is 12.8 Å². The number of hydrogen-bond acceptors (Lipinski definition) is 5. The fourth-order valence-electron chi connectivity index (χ4n) is 1.96. The van der Waals surface area contributed by atoms with Crippen LogP contribution in [0.3, 0.4) is 0 Å². The summed E-state index contributed by atoms with van der Waals surface area (Å²) in [6, 6.07) is 11.5. The smallest absolute Gasteiger partial charge is 0.189 e. The summed E-state index contributed by atoms with van der Waals surface area (Å²) >= 11 is 0. The lowest BCUT2D eigenvalue weighted by Gasteiger charge is -2.11. The molecule has 1 saturated carbocycles. The maximum atomic E-state index is 4.69. The molecule has 1 aliphatic heterocycles. The largest absolute Gasteiger partial charge is 0.253 e. The van der Waals surface area contributed by atoms with Crippen molar-refractivity contribution in [2.24, 2.45) is 13.8 Å². The fraction of sp³-hybridized carbons (Fsp3) is 0.200. The highest BCUT2D eigenvalue weighted by molar-refractivity contribution is 7.87. The SMILES string of the molecule is c1ccc(C2=NC(c3ccccn3)=NS(C3CC3)=N2)nc1. The number of pyridine rings is 2. The Bertz CT molecular complexity index is 708. The van der Waals surface area contributed by atoms with Crippen molar-refractivity contribution in [2.45, 2.75) is 18.1 Å². The molecule has 4 rings (SSSR count). The first-order chi connectivity index (χ1) is 10.4. The van der Waals surface area contributed by atoms with Crippen molar-refractivity contribution in [3.05, 3.63) is 60.2 Å². The van der Waals surface area contributed by atoms with Crippen molar-refractivity contribution in [1.29, 1.82) is 0 Å². The standard InChI is InChI=1S/C15H13N5S/c1-3-9-16-12(5-1)14-18-15(13-6-2-4-10-17-13)20-21(19-14)11-7-8-11/h1-6,9-11H,7-8H2. The molecule has 0 spiro atoms. The van der Waals surface area contributed by atoms with E-state index in [0.29, 0.717) is 16.9 Å². The lowest BCUT2D eigenvalue weighted by atomic mass is 10.3. The average molecular weight is 295 g/mol. The zero-order valence-corrected chi connectivity index (χ0v) is 12.1. The quantitative estimate of drug-likeness (QED) is 0.873. The van der Waals surface area contributed by atoms with Gasteiger partial charge in [0, 0.05) is 28.5 Å². The van der Waals surface area contributed by atoms with Gasteiger partial charge in [0.05, 0.1) is 0 Å². The molecule has 1 unspecified atom stereocenters. The van der Waals surface area contributed by atoms with E-state index in [4.69, 9.17) is 0 Å². The Hall–Kier alpha value is -2.21. The number of nitrogens with zero attached hydrogens (tertiary/aromatic N) is 5. The van der Waals surface area contributed by atoms with Gasteiger partial charge in [-0.3, -0.25) is 9.97 Å². The molecule has 1 fully saturated rings. The van der Waals surface area contributed by atoms with Gasteiger partial charge in [-0.1, -0.05) is 12.1 Å². The Labute approximate surface area is 125 Å². The molecule has 0 aromatic carbocycles. The highest BCUT2D eigenvalue weighted by Gasteiger charge is 2.29. The molecule has 0 amide bonds. The molecule has 1 atom stereocenters. The molecule has 2 aromatic heterocycles. The zero-order chi connectivity index (χ0) is 14.1. The van der Waals surface area contributed by atoms with Crippen molar-refractivity contribution in [1.82, 2.24) is 9.97 Å². The van der Waals surface area contributed by atoms with Crippen LogP contribution in [0.5, 0.6) is 0 Å². The van der Waals surface area contributed by atoms with Gasteiger partial charge in [-0.25, -0.2) is 4.99 Å². The Morgan fingerprint density at radius 2 is 1.52 bits per heavy atom. The minimum Gasteiger partial charge on any atom is -0.253 e. The summed E-state index contributed by atoms with van der Waals surface area (Å²) in [7, 11) is -0.344. The van der Waals surface area contributed by atoms with Crippen LogP contribution < -0.4 is 0 Å². The van der Waals surface area contributed by atoms with E-state index in [9.17, 15) is 0 Å². The predicted octanol–water partition coefficient (Wildman–Crippen LogP) is 2.56. The van der Waals surface area contributed by atoms with Gasteiger partial charge < -0.3 is 0 Å². The molecule has 2 aromatic rings. The molecule has 2 aliphatic rings. The molecule has 3 heterocycles. The minimum absolute atomic E-state index is 0.344. The van der Waals surface area contributed by atoms with Crippen LogP contribution in [0.25, 0.3) is 0 Å². The van der Waals surface area contributed by atoms with Gasteiger partial charge in [-0.15, -0.1) is 0 Å². The Kier molecular flexibility index (Phi) is 3.16. The maximum absolute atomic E-state index is 4.69. The van der Waals surface area contributed by atoms with Gasteiger partial charge in [0.2, 0.25) is 0 Å². The third kappa shape index (κ3) is 2.67. The van der Waals surface area contributed by atoms with Crippen LogP contribution in [0.1, 0.15) is 24.2 Å². The van der Waals surface area contributed by atoms with Gasteiger partial charge in [0.1, 0.15) is 11.4 Å². The van der Waals surface area contributed by atoms with Gasteiger partial charge in [-0.05, 0) is 37.1 Å². The van der Waals surface area contributed by atoms with E-state index >= 15 is 0 Å². The van der Waals surface area contributed by atoms with Crippen molar-refractivity contribution in [3.8, 4) is 0 Å². The summed E-state index contributed by atoms with van der Waals surface area (Å²) < 4.78 is 9.38. The molecular formula is C15H13N5S. The monoisotopic (exact) mass is 295 g/mol. The number of aliphatic imine (C=N–C) groups is 1. The van der Waals surface area contributed by atoms with E-state index in [2.05, 4.69) is 23.7 Å². The molecule has 6 heteroatoms. The topological polar surface area (TPSA) is 62.9 Å². The number of amidine groups is 2. The van der Waals surface area contributed by atoms with Crippen LogP contribution in [0.15, 0.2) is 62.5 Å². The summed E-state index contributed by atoms with van der Waals surface area (Å²) in [5, 5.41) is 0.568. The third-order valence-electron chi connectivity index (χ3n) is 3.18. The predicted molar refractivity (Wildman–Crippen MR) is 84.4 cm³/mol. The Balaban J connectivity index is 1.80. The van der Waals surface area contributed by atoms with E-state index in [-0.39, 0.29) is 10.9 Å². The van der Waals surface area contributed by atoms with Gasteiger partial charge >= 0.3 is 0 Å². The molecule has 5 nitrogen and oxygen atoms in total. The second-order valence-electron chi connectivity index (χ2n) is 4.86. The molecular weight excluding hydrogens is 282 g/mol. The van der Waals surface area contributed by atoms with Crippen LogP contribution in [0.4, 0.5) is 0 Å². The number of rotatable bonds is 3. The first-order valence-corrected chi connectivity index (χ1v) is 8.05. The fourth-order valence-corrected chi connectivity index (χ4v) is 3.48. The zero-order valence-electron chi connectivity index (χ0n) is 11.3. The van der Waals surface area contributed by atoms with Gasteiger partial charge in [0.25, 0.3) is 0 Å². The number of hydrogen-bond donors (Lipinski definition) is 0. The van der Waals surface area contributed by atoms with Gasteiger partial charge in [0.15, 0.2) is 11.7 Å². The summed E-state index contributed by atoms with van der Waals surface area (Å²) in [5.74, 6) is 1.34. The van der Waals surface area contributed by atoms with Crippen molar-refractivity contribution < 1.29 is 0 Å². The van der Waals surface area contributed by atoms with Crippen molar-refractivity contribution in [3.63, 3.8) is 0 Å². The Morgan fingerprint density at radius 1 is 0.857 bits per heavy atom. The lowest BCUT2D eigenvalue weighted by Crippen LogP contribution is -2.15. The van der Waals surface area contributed by atoms with Crippen molar-refractivity contribution >= 4 is 22.5 Å². The van der Waals surface area contributed by atoms with Gasteiger partial charge in [-0.2, -0.15) is 8.76 Å². The second kappa shape index (κ2) is 5.29. The molecule has 21 heavy (non-hydrogen) atoms. The first-order valence-electron chi connectivity index (χ1n) is 6.85. The van der Waals surface area contributed by atoms with Crippen LogP contribution in [0.2, 0.25) is 0 Å². The van der Waals surface area contributed by atoms with Crippen LogP contribution in [-0.4, -0.2) is 26.9 Å². The highest BCUT2D eigenvalue weighted by Crippen LogP contribution is 2.30. The van der Waals surface area contributed by atoms with Crippen LogP contribution >= 0.6 is 0 Å². The van der Waals surface area contributed by atoms with E-state index in [1.54, 1.807) is 12.4 Å². The summed E-state index contributed by atoms with van der Waals surface area (Å²) in [6.45, 7) is 0. The molecule has 1 aliphatic carbocycles. The van der Waals surface area contributed by atoms with E-state index < -0.39 is 0 Å². The molecule has 0 N–H and O–H groups in total. The molecule has 104 valence electrons. The van der Waals surface area contributed by atoms with E-state index in [1.807, 2.05) is 36.4 Å². The normalized spacial score (nSPS) is 21.2. The first kappa shape index (κ1) is 12.5. The average Bonchev–Trinajstić information content (AvgIpc) is 3.41. The van der Waals surface area contributed by atoms with E-state index in [0.717, 1.165) is 11.4 Å². The molecule has 0 bridgehead atoms. The third-order valence-corrected chi connectivity index (χ3v) is 4.97. The minimum atomic E-state index is -0.344. The highest BCUT2D eigenvalue weighted by atomic mass is 32.2. The van der Waals surface area contributed by atoms with Crippen molar-refractivity contribution in [2.75, 3.05) is 0 Å². The maximum Gasteiger partial charge on any atom is 0.189 e. The van der Waals surface area contributed by atoms with Crippen LogP contribution in [0, 0.1) is 0 Å². The molecule has 0 radical (unpaired) electrons. The summed E-state index contributed by atoms with van der Waals surface area (Å²) in [6.07, 6.45) is 5.91. The van der Waals surface area contributed by atoms with Crippen LogP contribution in [-0.2, 0) is 10.9 Å². The summed E-state index contributed by atoms with van der Waals surface area (Å²) in [5.41, 5.74) is 1.58. The molecule has 0 saturated heterocycles. The lowest BCUT2D eigenvalue weighted by molar-refractivity contribution is 1.25. The summed E-state index contributed by atoms with van der Waals surface area (Å²) in [4.78, 5) is 13.3.